The maximum Gasteiger partial charge on any atom is 0.318 e. The van der Waals surface area contributed by atoms with Gasteiger partial charge >= 0.3 is 12.0 Å². The summed E-state index contributed by atoms with van der Waals surface area (Å²) in [6, 6.07) is -1.28. The standard InChI is InChI=1S/C13H21N5O5/c1-8(7-19)11-16-17-12(23-11)9(6-10(20)21)15-13(22)18-4-2-14-3-5-18/h8-9,14,19H,2-7H2,1H3,(H,15,22)(H,20,21)/t8-,9-/m0/s1. The fourth-order valence-electron chi connectivity index (χ4n) is 2.15. The van der Waals surface area contributed by atoms with E-state index in [9.17, 15) is 9.59 Å². The third kappa shape index (κ3) is 4.63. The van der Waals surface area contributed by atoms with Gasteiger partial charge in [0.2, 0.25) is 11.8 Å². The minimum absolute atomic E-state index is 0.0196. The summed E-state index contributed by atoms with van der Waals surface area (Å²) < 4.78 is 5.40. The van der Waals surface area contributed by atoms with E-state index in [0.717, 1.165) is 0 Å². The number of aliphatic carboxylic acids is 1. The van der Waals surface area contributed by atoms with Crippen LogP contribution in [0, 0.1) is 0 Å². The highest BCUT2D eigenvalue weighted by Crippen LogP contribution is 2.20. The molecule has 0 bridgehead atoms. The number of aliphatic hydroxyl groups excluding tert-OH is 1. The highest BCUT2D eigenvalue weighted by molar-refractivity contribution is 5.76. The molecule has 10 heteroatoms. The number of urea groups is 1. The van der Waals surface area contributed by atoms with Crippen LogP contribution in [0.15, 0.2) is 4.42 Å². The lowest BCUT2D eigenvalue weighted by Crippen LogP contribution is -2.51. The predicted molar refractivity (Wildman–Crippen MR) is 77.8 cm³/mol. The van der Waals surface area contributed by atoms with Crippen LogP contribution in [0.5, 0.6) is 0 Å². The summed E-state index contributed by atoms with van der Waals surface area (Å²) in [6.07, 6.45) is -0.368. The largest absolute Gasteiger partial charge is 0.481 e. The zero-order valence-corrected chi connectivity index (χ0v) is 12.9. The first-order chi connectivity index (χ1) is 11.0. The first kappa shape index (κ1) is 17.2. The summed E-state index contributed by atoms with van der Waals surface area (Å²) in [7, 11) is 0. The molecule has 2 heterocycles. The predicted octanol–water partition coefficient (Wildman–Crippen LogP) is -0.704. The molecule has 1 aliphatic heterocycles. The normalized spacial score (nSPS) is 17.6. The zero-order chi connectivity index (χ0) is 16.8. The zero-order valence-electron chi connectivity index (χ0n) is 12.9. The van der Waals surface area contributed by atoms with E-state index in [2.05, 4.69) is 20.8 Å². The Morgan fingerprint density at radius 2 is 2.00 bits per heavy atom. The second-order valence-electron chi connectivity index (χ2n) is 5.40. The number of carboxylic acid groups (broad SMARTS) is 1. The number of carbonyl (C=O) groups is 2. The third-order valence-corrected chi connectivity index (χ3v) is 3.53. The van der Waals surface area contributed by atoms with E-state index in [0.29, 0.717) is 26.2 Å². The van der Waals surface area contributed by atoms with Gasteiger partial charge in [0.25, 0.3) is 0 Å². The van der Waals surface area contributed by atoms with Crippen LogP contribution in [0.4, 0.5) is 4.79 Å². The molecule has 2 atom stereocenters. The molecular formula is C13H21N5O5. The number of aliphatic hydroxyl groups is 1. The van der Waals surface area contributed by atoms with E-state index in [1.165, 1.54) is 0 Å². The molecule has 0 saturated carbocycles. The Hall–Kier alpha value is -2.20. The van der Waals surface area contributed by atoms with Crippen molar-refractivity contribution in [2.24, 2.45) is 0 Å². The molecule has 1 aromatic heterocycles. The van der Waals surface area contributed by atoms with Crippen LogP contribution in [0.3, 0.4) is 0 Å². The number of hydrogen-bond acceptors (Lipinski definition) is 7. The quantitative estimate of drug-likeness (QED) is 0.537. The number of rotatable bonds is 6. The summed E-state index contributed by atoms with van der Waals surface area (Å²) in [5.41, 5.74) is 0. The van der Waals surface area contributed by atoms with E-state index in [1.807, 2.05) is 0 Å². The lowest BCUT2D eigenvalue weighted by atomic mass is 10.2. The Balaban J connectivity index is 2.08. The summed E-state index contributed by atoms with van der Waals surface area (Å²) in [5.74, 6) is -1.23. The van der Waals surface area contributed by atoms with E-state index < -0.39 is 12.0 Å². The van der Waals surface area contributed by atoms with E-state index >= 15 is 0 Å². The molecule has 0 spiro atoms. The third-order valence-electron chi connectivity index (χ3n) is 3.53. The fraction of sp³-hybridized carbons (Fsp3) is 0.692. The van der Waals surface area contributed by atoms with Gasteiger partial charge in [-0.15, -0.1) is 10.2 Å². The van der Waals surface area contributed by atoms with Crippen molar-refractivity contribution in [2.75, 3.05) is 32.8 Å². The van der Waals surface area contributed by atoms with Crippen LogP contribution < -0.4 is 10.6 Å². The highest BCUT2D eigenvalue weighted by atomic mass is 16.4. The molecule has 2 amide bonds. The maximum absolute atomic E-state index is 12.2. The molecule has 1 aromatic rings. The van der Waals surface area contributed by atoms with Crippen molar-refractivity contribution in [3.8, 4) is 0 Å². The molecule has 2 rings (SSSR count). The lowest BCUT2D eigenvalue weighted by molar-refractivity contribution is -0.137. The number of carbonyl (C=O) groups excluding carboxylic acids is 1. The second kappa shape index (κ2) is 7.88. The van der Waals surface area contributed by atoms with Gasteiger partial charge in [-0.1, -0.05) is 6.92 Å². The molecule has 1 aliphatic rings. The topological polar surface area (TPSA) is 141 Å². The molecule has 128 valence electrons. The van der Waals surface area contributed by atoms with Gasteiger partial charge in [0.1, 0.15) is 6.04 Å². The first-order valence-corrected chi connectivity index (χ1v) is 7.43. The SMILES string of the molecule is C[C@@H](CO)c1nnc([C@H](CC(=O)O)NC(=O)N2CCNCC2)o1. The first-order valence-electron chi connectivity index (χ1n) is 7.43. The minimum atomic E-state index is -1.09. The Labute approximate surface area is 132 Å². The number of nitrogens with zero attached hydrogens (tertiary/aromatic N) is 3. The van der Waals surface area contributed by atoms with Crippen LogP contribution in [-0.4, -0.2) is 70.1 Å². The highest BCUT2D eigenvalue weighted by Gasteiger charge is 2.27. The van der Waals surface area contributed by atoms with Crippen molar-refractivity contribution in [1.29, 1.82) is 0 Å². The number of hydrogen-bond donors (Lipinski definition) is 4. The van der Waals surface area contributed by atoms with Crippen LogP contribution >= 0.6 is 0 Å². The fourth-order valence-corrected chi connectivity index (χ4v) is 2.15. The number of aromatic nitrogens is 2. The number of nitrogens with one attached hydrogen (secondary N) is 2. The molecule has 1 saturated heterocycles. The van der Waals surface area contributed by atoms with Crippen molar-refractivity contribution in [3.05, 3.63) is 11.8 Å². The van der Waals surface area contributed by atoms with Gasteiger partial charge in [-0.2, -0.15) is 0 Å². The smallest absolute Gasteiger partial charge is 0.318 e. The van der Waals surface area contributed by atoms with Gasteiger partial charge in [0.15, 0.2) is 0 Å². The molecule has 4 N–H and O–H groups in total. The van der Waals surface area contributed by atoms with E-state index in [1.54, 1.807) is 11.8 Å². The molecule has 0 aliphatic carbocycles. The van der Waals surface area contributed by atoms with E-state index in [-0.39, 0.29) is 36.8 Å². The van der Waals surface area contributed by atoms with Gasteiger partial charge < -0.3 is 30.2 Å². The molecular weight excluding hydrogens is 306 g/mol. The van der Waals surface area contributed by atoms with Crippen LogP contribution in [0.1, 0.15) is 37.1 Å². The van der Waals surface area contributed by atoms with Crippen LogP contribution in [0.2, 0.25) is 0 Å². The van der Waals surface area contributed by atoms with Crippen molar-refractivity contribution < 1.29 is 24.2 Å². The van der Waals surface area contributed by atoms with Crippen molar-refractivity contribution >= 4 is 12.0 Å². The average Bonchev–Trinajstić information content (AvgIpc) is 3.03. The van der Waals surface area contributed by atoms with Crippen molar-refractivity contribution in [1.82, 2.24) is 25.7 Å². The Kier molecular flexibility index (Phi) is 5.88. The Morgan fingerprint density at radius 1 is 1.35 bits per heavy atom. The molecule has 10 nitrogen and oxygen atoms in total. The molecule has 0 aromatic carbocycles. The minimum Gasteiger partial charge on any atom is -0.481 e. The lowest BCUT2D eigenvalue weighted by Gasteiger charge is -2.28. The van der Waals surface area contributed by atoms with Crippen LogP contribution in [-0.2, 0) is 4.79 Å². The molecule has 0 radical (unpaired) electrons. The summed E-state index contributed by atoms with van der Waals surface area (Å²) in [5, 5.41) is 31.5. The van der Waals surface area contributed by atoms with Gasteiger partial charge in [-0.05, 0) is 0 Å². The average molecular weight is 327 g/mol. The maximum atomic E-state index is 12.2. The molecule has 1 fully saturated rings. The number of piperazine rings is 1. The van der Waals surface area contributed by atoms with Gasteiger partial charge in [-0.3, -0.25) is 4.79 Å². The monoisotopic (exact) mass is 327 g/mol. The summed E-state index contributed by atoms with van der Waals surface area (Å²) in [4.78, 5) is 24.9. The molecule has 23 heavy (non-hydrogen) atoms. The number of amides is 2. The number of carboxylic acids is 1. The summed E-state index contributed by atoms with van der Waals surface area (Å²) in [6.45, 7) is 4.00. The Bertz CT molecular complexity index is 543. The second-order valence-corrected chi connectivity index (χ2v) is 5.40. The van der Waals surface area contributed by atoms with Gasteiger partial charge in [0, 0.05) is 26.2 Å². The van der Waals surface area contributed by atoms with Crippen LogP contribution in [0.25, 0.3) is 0 Å². The van der Waals surface area contributed by atoms with E-state index in [4.69, 9.17) is 14.6 Å². The van der Waals surface area contributed by atoms with Crippen molar-refractivity contribution in [3.63, 3.8) is 0 Å². The van der Waals surface area contributed by atoms with Gasteiger partial charge in [-0.25, -0.2) is 4.79 Å². The Morgan fingerprint density at radius 3 is 2.61 bits per heavy atom. The summed E-state index contributed by atoms with van der Waals surface area (Å²) >= 11 is 0. The van der Waals surface area contributed by atoms with Crippen molar-refractivity contribution in [2.45, 2.75) is 25.3 Å². The molecule has 0 unspecified atom stereocenters. The van der Waals surface area contributed by atoms with Gasteiger partial charge in [0.05, 0.1) is 18.9 Å².